The van der Waals surface area contributed by atoms with E-state index >= 15 is 0 Å². The predicted molar refractivity (Wildman–Crippen MR) is 136 cm³/mol. The lowest BCUT2D eigenvalue weighted by atomic mass is 10.1. The Hall–Kier alpha value is -3.85. The van der Waals surface area contributed by atoms with Crippen molar-refractivity contribution in [2.75, 3.05) is 20.8 Å². The minimum Gasteiger partial charge on any atom is -0.497 e. The normalized spacial score (nSPS) is 11.0. The molecule has 2 aromatic heterocycles. The minimum absolute atomic E-state index is 0.162. The van der Waals surface area contributed by atoms with Gasteiger partial charge in [0, 0.05) is 4.88 Å². The van der Waals surface area contributed by atoms with E-state index in [1.165, 1.54) is 11.3 Å². The van der Waals surface area contributed by atoms with Crippen LogP contribution >= 0.6 is 11.3 Å². The third kappa shape index (κ3) is 4.72. The fraction of sp³-hybridized carbons (Fsp3) is 0.269. The highest BCUT2D eigenvalue weighted by atomic mass is 32.1. The van der Waals surface area contributed by atoms with Gasteiger partial charge >= 0.3 is 11.7 Å². The van der Waals surface area contributed by atoms with E-state index in [0.29, 0.717) is 16.0 Å². The molecule has 35 heavy (non-hydrogen) atoms. The summed E-state index contributed by atoms with van der Waals surface area (Å²) >= 11 is 1.38. The molecule has 182 valence electrons. The molecule has 0 amide bonds. The van der Waals surface area contributed by atoms with Gasteiger partial charge in [-0.2, -0.15) is 0 Å². The number of thiophene rings is 1. The second-order valence-electron chi connectivity index (χ2n) is 7.88. The van der Waals surface area contributed by atoms with Crippen molar-refractivity contribution in [2.45, 2.75) is 26.9 Å². The molecular weight excluding hydrogens is 468 g/mol. The maximum atomic E-state index is 13.5. The van der Waals surface area contributed by atoms with Gasteiger partial charge in [-0.05, 0) is 66.9 Å². The van der Waals surface area contributed by atoms with Crippen LogP contribution in [0.3, 0.4) is 0 Å². The van der Waals surface area contributed by atoms with Crippen molar-refractivity contribution in [1.29, 1.82) is 0 Å². The zero-order chi connectivity index (χ0) is 25.1. The summed E-state index contributed by atoms with van der Waals surface area (Å²) in [6, 6.07) is 14.9. The van der Waals surface area contributed by atoms with E-state index in [2.05, 4.69) is 0 Å². The van der Waals surface area contributed by atoms with Crippen LogP contribution in [0.25, 0.3) is 20.7 Å². The van der Waals surface area contributed by atoms with E-state index in [9.17, 15) is 14.4 Å². The van der Waals surface area contributed by atoms with Gasteiger partial charge in [-0.3, -0.25) is 14.2 Å². The Morgan fingerprint density at radius 3 is 2.09 bits per heavy atom. The van der Waals surface area contributed by atoms with Gasteiger partial charge in [-0.1, -0.05) is 12.1 Å². The van der Waals surface area contributed by atoms with Crippen LogP contribution in [-0.2, 0) is 22.6 Å². The number of rotatable bonds is 8. The van der Waals surface area contributed by atoms with E-state index in [1.54, 1.807) is 25.7 Å². The molecule has 0 saturated carbocycles. The molecule has 0 atom stereocenters. The van der Waals surface area contributed by atoms with Crippen LogP contribution in [0.5, 0.6) is 11.5 Å². The molecule has 0 saturated heterocycles. The molecule has 0 radical (unpaired) electrons. The van der Waals surface area contributed by atoms with Crippen molar-refractivity contribution >= 4 is 27.5 Å². The van der Waals surface area contributed by atoms with Gasteiger partial charge in [0.2, 0.25) is 0 Å². The molecule has 4 aromatic rings. The third-order valence-corrected chi connectivity index (χ3v) is 7.10. The molecule has 0 N–H and O–H groups in total. The van der Waals surface area contributed by atoms with E-state index in [-0.39, 0.29) is 13.2 Å². The Morgan fingerprint density at radius 1 is 0.914 bits per heavy atom. The minimum atomic E-state index is -0.634. The first-order valence-electron chi connectivity index (χ1n) is 11.1. The summed E-state index contributed by atoms with van der Waals surface area (Å²) in [6.45, 7) is 3.48. The predicted octanol–water partition coefficient (Wildman–Crippen LogP) is 3.83. The van der Waals surface area contributed by atoms with Crippen LogP contribution in [0.1, 0.15) is 18.1 Å². The van der Waals surface area contributed by atoms with Gasteiger partial charge < -0.3 is 14.2 Å². The fourth-order valence-corrected chi connectivity index (χ4v) is 5.24. The number of benzene rings is 2. The molecule has 2 aromatic carbocycles. The second kappa shape index (κ2) is 10.2. The summed E-state index contributed by atoms with van der Waals surface area (Å²) in [7, 11) is 3.19. The lowest BCUT2D eigenvalue weighted by Gasteiger charge is -2.12. The highest BCUT2D eigenvalue weighted by Gasteiger charge is 2.22. The second-order valence-corrected chi connectivity index (χ2v) is 8.88. The number of aromatic nitrogens is 2. The summed E-state index contributed by atoms with van der Waals surface area (Å²) in [6.07, 6.45) is 0. The molecule has 0 unspecified atom stereocenters. The third-order valence-electron chi connectivity index (χ3n) is 5.74. The number of aryl methyl sites for hydroxylation is 1. The maximum absolute atomic E-state index is 13.5. The molecule has 0 bridgehead atoms. The molecule has 4 rings (SSSR count). The lowest BCUT2D eigenvalue weighted by Crippen LogP contribution is -2.42. The number of nitrogens with zero attached hydrogens (tertiary/aromatic N) is 2. The first-order valence-corrected chi connectivity index (χ1v) is 11.9. The Bertz CT molecular complexity index is 1480. The van der Waals surface area contributed by atoms with Crippen LogP contribution in [-0.4, -0.2) is 35.9 Å². The standard InChI is InChI=1S/C26H26N2O6S/c1-5-34-21(29)15-27-24(30)22-16(2)23(18-8-12-20(33-4)13-9-18)35-25(22)28(26(27)31)14-17-6-10-19(32-3)11-7-17/h6-13H,5,14-15H2,1-4H3. The Balaban J connectivity index is 1.93. The number of carbonyl (C=O) groups excluding carboxylic acids is 1. The molecule has 0 aliphatic heterocycles. The molecule has 0 fully saturated rings. The van der Waals surface area contributed by atoms with Crippen LogP contribution in [0.4, 0.5) is 0 Å². The van der Waals surface area contributed by atoms with Crippen molar-refractivity contribution < 1.29 is 19.0 Å². The first kappa shape index (κ1) is 24.3. The van der Waals surface area contributed by atoms with Crippen LogP contribution < -0.4 is 20.7 Å². The monoisotopic (exact) mass is 494 g/mol. The number of carbonyl (C=O) groups is 1. The van der Waals surface area contributed by atoms with Gasteiger partial charge in [-0.15, -0.1) is 11.3 Å². The van der Waals surface area contributed by atoms with E-state index in [0.717, 1.165) is 31.9 Å². The molecule has 0 spiro atoms. The van der Waals surface area contributed by atoms with Gasteiger partial charge in [0.15, 0.2) is 0 Å². The summed E-state index contributed by atoms with van der Waals surface area (Å²) in [5.41, 5.74) is 1.45. The van der Waals surface area contributed by atoms with Crippen molar-refractivity contribution in [3.05, 3.63) is 80.5 Å². The van der Waals surface area contributed by atoms with Crippen molar-refractivity contribution in [3.8, 4) is 21.9 Å². The Kier molecular flexibility index (Phi) is 7.07. The maximum Gasteiger partial charge on any atom is 0.332 e. The topological polar surface area (TPSA) is 88.8 Å². The van der Waals surface area contributed by atoms with Gasteiger partial charge in [0.05, 0.1) is 32.8 Å². The number of fused-ring (bicyclic) bond motifs is 1. The van der Waals surface area contributed by atoms with Crippen molar-refractivity contribution in [2.24, 2.45) is 0 Å². The molecular formula is C26H26N2O6S. The van der Waals surface area contributed by atoms with Crippen molar-refractivity contribution in [1.82, 2.24) is 9.13 Å². The van der Waals surface area contributed by atoms with Crippen molar-refractivity contribution in [3.63, 3.8) is 0 Å². The highest BCUT2D eigenvalue weighted by molar-refractivity contribution is 7.22. The fourth-order valence-electron chi connectivity index (χ4n) is 3.94. The Labute approximate surface area is 205 Å². The summed E-state index contributed by atoms with van der Waals surface area (Å²) in [4.78, 5) is 40.6. The number of ether oxygens (including phenoxy) is 3. The van der Waals surface area contributed by atoms with E-state index in [4.69, 9.17) is 14.2 Å². The lowest BCUT2D eigenvalue weighted by molar-refractivity contribution is -0.143. The van der Waals surface area contributed by atoms with Crippen LogP contribution in [0.15, 0.2) is 58.1 Å². The smallest absolute Gasteiger partial charge is 0.332 e. The largest absolute Gasteiger partial charge is 0.497 e. The molecule has 0 aliphatic carbocycles. The Morgan fingerprint density at radius 2 is 1.51 bits per heavy atom. The number of esters is 1. The molecule has 2 heterocycles. The first-order chi connectivity index (χ1) is 16.9. The zero-order valence-electron chi connectivity index (χ0n) is 20.0. The molecule has 9 heteroatoms. The number of methoxy groups -OCH3 is 2. The van der Waals surface area contributed by atoms with Crippen LogP contribution in [0, 0.1) is 6.92 Å². The van der Waals surface area contributed by atoms with Crippen LogP contribution in [0.2, 0.25) is 0 Å². The quantitative estimate of drug-likeness (QED) is 0.346. The van der Waals surface area contributed by atoms with Gasteiger partial charge in [0.25, 0.3) is 5.56 Å². The van der Waals surface area contributed by atoms with Gasteiger partial charge in [0.1, 0.15) is 22.9 Å². The summed E-state index contributed by atoms with van der Waals surface area (Å²) < 4.78 is 18.0. The molecule has 0 aliphatic rings. The zero-order valence-corrected chi connectivity index (χ0v) is 20.8. The highest BCUT2D eigenvalue weighted by Crippen LogP contribution is 2.37. The SMILES string of the molecule is CCOC(=O)Cn1c(=O)c2c(C)c(-c3ccc(OC)cc3)sc2n(Cc2ccc(OC)cc2)c1=O. The number of hydrogen-bond acceptors (Lipinski definition) is 7. The van der Waals surface area contributed by atoms with E-state index in [1.807, 2.05) is 55.5 Å². The van der Waals surface area contributed by atoms with E-state index < -0.39 is 23.8 Å². The summed E-state index contributed by atoms with van der Waals surface area (Å²) in [5.74, 6) is 0.790. The molecule has 8 nitrogen and oxygen atoms in total. The average Bonchev–Trinajstić information content (AvgIpc) is 3.22. The van der Waals surface area contributed by atoms with Gasteiger partial charge in [-0.25, -0.2) is 9.36 Å². The number of hydrogen-bond donors (Lipinski definition) is 0. The summed E-state index contributed by atoms with van der Waals surface area (Å²) in [5, 5.41) is 0.415. The average molecular weight is 495 g/mol.